The number of nitrogens with zero attached hydrogens (tertiary/aromatic N) is 2. The Hall–Kier alpha value is -1.93. The lowest BCUT2D eigenvalue weighted by Gasteiger charge is -2.28. The summed E-state index contributed by atoms with van der Waals surface area (Å²) in [6.45, 7) is 3.73. The highest BCUT2D eigenvalue weighted by Gasteiger charge is 2.51. The highest BCUT2D eigenvalue weighted by Crippen LogP contribution is 2.32. The number of carbonyl (C=O) groups excluding carboxylic acids is 2. The van der Waals surface area contributed by atoms with Crippen molar-refractivity contribution in [2.75, 3.05) is 13.1 Å². The van der Waals surface area contributed by atoms with Gasteiger partial charge in [0.05, 0.1) is 13.1 Å². The van der Waals surface area contributed by atoms with Crippen molar-refractivity contribution in [2.24, 2.45) is 5.73 Å². The number of halogens is 3. The number of amides is 2. The molecule has 2 atom stereocenters. The summed E-state index contributed by atoms with van der Waals surface area (Å²) in [5, 5.41) is 0.353. The zero-order valence-electron chi connectivity index (χ0n) is 15.5. The van der Waals surface area contributed by atoms with Gasteiger partial charge in [-0.1, -0.05) is 28.2 Å². The average molecular weight is 404 g/mol. The van der Waals surface area contributed by atoms with Crippen molar-refractivity contribution in [3.8, 4) is 0 Å². The van der Waals surface area contributed by atoms with Gasteiger partial charge in [0.2, 0.25) is 0 Å². The third-order valence-corrected chi connectivity index (χ3v) is 4.35. The molecule has 2 amide bonds. The second kappa shape index (κ2) is 7.98. The molecule has 1 heterocycles. The Balaban J connectivity index is 2.18. The number of alkyl halides is 1. The van der Waals surface area contributed by atoms with E-state index in [0.29, 0.717) is 10.6 Å². The van der Waals surface area contributed by atoms with Crippen molar-refractivity contribution < 1.29 is 23.2 Å². The van der Waals surface area contributed by atoms with Gasteiger partial charge >= 0.3 is 6.09 Å². The van der Waals surface area contributed by atoms with Crippen LogP contribution in [0.3, 0.4) is 0 Å². The third kappa shape index (κ3) is 5.52. The Labute approximate surface area is 162 Å². The van der Waals surface area contributed by atoms with E-state index in [1.807, 2.05) is 0 Å². The summed E-state index contributed by atoms with van der Waals surface area (Å²) in [7, 11) is 0. The largest absolute Gasteiger partial charge is 0.444 e. The molecule has 6 nitrogen and oxygen atoms in total. The fourth-order valence-electron chi connectivity index (χ4n) is 2.85. The summed E-state index contributed by atoms with van der Waals surface area (Å²) >= 11 is 5.86. The van der Waals surface area contributed by atoms with Crippen molar-refractivity contribution in [3.05, 3.63) is 34.9 Å². The first-order chi connectivity index (χ1) is 12.4. The molecule has 0 spiro atoms. The monoisotopic (exact) mass is 403 g/mol. The lowest BCUT2D eigenvalue weighted by molar-refractivity contribution is -0.152. The summed E-state index contributed by atoms with van der Waals surface area (Å²) in [5.74, 6) is -1.03. The van der Waals surface area contributed by atoms with Gasteiger partial charge in [0.15, 0.2) is 0 Å². The molecule has 2 rings (SSSR count). The highest BCUT2D eigenvalue weighted by atomic mass is 35.5. The van der Waals surface area contributed by atoms with Gasteiger partial charge in [0.1, 0.15) is 17.3 Å². The van der Waals surface area contributed by atoms with Crippen LogP contribution in [-0.4, -0.2) is 52.4 Å². The molecule has 150 valence electrons. The topological polar surface area (TPSA) is 75.9 Å². The lowest BCUT2D eigenvalue weighted by atomic mass is 10.0. The van der Waals surface area contributed by atoms with E-state index in [0.717, 1.165) is 4.90 Å². The van der Waals surface area contributed by atoms with Gasteiger partial charge in [-0.15, -0.1) is 0 Å². The van der Waals surface area contributed by atoms with Gasteiger partial charge in [-0.25, -0.2) is 9.18 Å². The first-order valence-corrected chi connectivity index (χ1v) is 8.92. The highest BCUT2D eigenvalue weighted by molar-refractivity contribution is 6.30. The first kappa shape index (κ1) is 21.4. The molecule has 1 aliphatic heterocycles. The second-order valence-electron chi connectivity index (χ2n) is 7.67. The molecular weight excluding hydrogens is 380 g/mol. The molecule has 1 saturated heterocycles. The number of benzene rings is 1. The Morgan fingerprint density at radius 2 is 2.11 bits per heavy atom. The molecule has 1 aromatic rings. The molecule has 1 aromatic carbocycles. The number of likely N-dealkylation sites (tertiary alicyclic amines) is 1. The predicted molar refractivity (Wildman–Crippen MR) is 97.3 cm³/mol. The molecule has 0 aromatic heterocycles. The van der Waals surface area contributed by atoms with Crippen molar-refractivity contribution in [1.82, 2.24) is 10.0 Å². The fourth-order valence-corrected chi connectivity index (χ4v) is 3.07. The van der Waals surface area contributed by atoms with Crippen molar-refractivity contribution in [2.45, 2.75) is 51.0 Å². The Bertz CT molecular complexity index is 713. The van der Waals surface area contributed by atoms with Crippen LogP contribution in [0.1, 0.15) is 32.8 Å². The quantitative estimate of drug-likeness (QED) is 0.783. The number of carbonyl (C=O) groups is 2. The van der Waals surface area contributed by atoms with Crippen LogP contribution >= 0.6 is 11.6 Å². The molecule has 1 fully saturated rings. The van der Waals surface area contributed by atoms with Crippen molar-refractivity contribution >= 4 is 23.6 Å². The fraction of sp³-hybridized carbons (Fsp3) is 0.556. The van der Waals surface area contributed by atoms with Crippen LogP contribution in [-0.2, 0) is 16.1 Å². The zero-order chi connectivity index (χ0) is 20.4. The van der Waals surface area contributed by atoms with Crippen LogP contribution in [0.2, 0.25) is 5.02 Å². The molecular formula is C18H24ClF2N3O3. The van der Waals surface area contributed by atoms with Gasteiger partial charge in [0, 0.05) is 18.0 Å². The molecule has 0 radical (unpaired) electrons. The number of ether oxygens (including phenoxy) is 1. The predicted octanol–water partition coefficient (Wildman–Crippen LogP) is 3.23. The maximum absolute atomic E-state index is 14.8. The average Bonchev–Trinajstić information content (AvgIpc) is 2.91. The summed E-state index contributed by atoms with van der Waals surface area (Å²) in [5.41, 5.74) is 3.09. The van der Waals surface area contributed by atoms with E-state index in [-0.39, 0.29) is 11.7 Å². The Morgan fingerprint density at radius 3 is 2.67 bits per heavy atom. The van der Waals surface area contributed by atoms with E-state index in [4.69, 9.17) is 22.1 Å². The van der Waals surface area contributed by atoms with Crippen LogP contribution in [0.25, 0.3) is 0 Å². The molecule has 0 saturated carbocycles. The maximum Gasteiger partial charge on any atom is 0.411 e. The molecule has 0 unspecified atom stereocenters. The summed E-state index contributed by atoms with van der Waals surface area (Å²) in [6.07, 6.45) is -1.28. The molecule has 0 aliphatic carbocycles. The number of hydrogen-bond donors (Lipinski definition) is 1. The van der Waals surface area contributed by atoms with Gasteiger partial charge in [-0.2, -0.15) is 5.12 Å². The number of hydrogen-bond acceptors (Lipinski definition) is 4. The zero-order valence-corrected chi connectivity index (χ0v) is 16.3. The number of rotatable bonds is 4. The SMILES string of the molecule is CC(C)(C)OC(=O)N1C[C@@](F)(CN)C[C@H]1C(=O)N(F)Cc1cccc(Cl)c1. The van der Waals surface area contributed by atoms with E-state index in [9.17, 15) is 18.5 Å². The maximum atomic E-state index is 14.8. The van der Waals surface area contributed by atoms with Gasteiger partial charge in [-0.05, 0) is 38.5 Å². The molecule has 2 N–H and O–H groups in total. The van der Waals surface area contributed by atoms with E-state index in [1.165, 1.54) is 6.07 Å². The smallest absolute Gasteiger partial charge is 0.411 e. The van der Waals surface area contributed by atoms with Crippen LogP contribution in [0.5, 0.6) is 0 Å². The van der Waals surface area contributed by atoms with Gasteiger partial charge in [-0.3, -0.25) is 9.69 Å². The minimum atomic E-state index is -1.98. The normalized spacial score (nSPS) is 22.6. The Kier molecular flexibility index (Phi) is 6.32. The van der Waals surface area contributed by atoms with Crippen LogP contribution in [0, 0.1) is 0 Å². The van der Waals surface area contributed by atoms with E-state index < -0.39 is 48.8 Å². The first-order valence-electron chi connectivity index (χ1n) is 8.54. The minimum Gasteiger partial charge on any atom is -0.444 e. The van der Waals surface area contributed by atoms with Crippen LogP contribution in [0.4, 0.5) is 13.7 Å². The van der Waals surface area contributed by atoms with Gasteiger partial charge in [0.25, 0.3) is 5.91 Å². The third-order valence-electron chi connectivity index (χ3n) is 4.12. The summed E-state index contributed by atoms with van der Waals surface area (Å²) in [6, 6.07) is 5.03. The Morgan fingerprint density at radius 1 is 1.44 bits per heavy atom. The molecule has 27 heavy (non-hydrogen) atoms. The van der Waals surface area contributed by atoms with Crippen molar-refractivity contribution in [3.63, 3.8) is 0 Å². The lowest BCUT2D eigenvalue weighted by Crippen LogP contribution is -2.47. The molecule has 9 heteroatoms. The van der Waals surface area contributed by atoms with Crippen LogP contribution in [0.15, 0.2) is 24.3 Å². The second-order valence-corrected chi connectivity index (χ2v) is 8.11. The van der Waals surface area contributed by atoms with E-state index in [2.05, 4.69) is 0 Å². The summed E-state index contributed by atoms with van der Waals surface area (Å²) in [4.78, 5) is 25.9. The summed E-state index contributed by atoms with van der Waals surface area (Å²) < 4.78 is 34.5. The van der Waals surface area contributed by atoms with Crippen molar-refractivity contribution in [1.29, 1.82) is 0 Å². The standard InChI is InChI=1S/C18H24ClF2N3O3/c1-17(2,3)27-16(26)23-11-18(20,10-22)8-14(23)15(25)24(21)9-12-5-4-6-13(19)7-12/h4-7,14H,8-11,22H2,1-3H3/t14-,18-/m0/s1. The number of nitrogens with two attached hydrogens (primary N) is 1. The van der Waals surface area contributed by atoms with Gasteiger partial charge < -0.3 is 10.5 Å². The molecule has 0 bridgehead atoms. The van der Waals surface area contributed by atoms with E-state index in [1.54, 1.807) is 39.0 Å². The van der Waals surface area contributed by atoms with Crippen LogP contribution < -0.4 is 5.73 Å². The minimum absolute atomic E-state index is 0.0457. The molecule has 1 aliphatic rings. The van der Waals surface area contributed by atoms with E-state index >= 15 is 0 Å².